The zero-order valence-electron chi connectivity index (χ0n) is 20.6. The van der Waals surface area contributed by atoms with Gasteiger partial charge in [-0.2, -0.15) is 0 Å². The van der Waals surface area contributed by atoms with Crippen LogP contribution in [0.5, 0.6) is 0 Å². The van der Waals surface area contributed by atoms with Gasteiger partial charge in [-0.3, -0.25) is 5.21 Å². The molecule has 0 unspecified atom stereocenters. The first-order valence-electron chi connectivity index (χ1n) is 12.4. The highest BCUT2D eigenvalue weighted by Gasteiger charge is 2.46. The molecule has 0 radical (unpaired) electrons. The largest absolute Gasteiger partial charge is 0.448 e. The summed E-state index contributed by atoms with van der Waals surface area (Å²) < 4.78 is 12.4. The fraction of sp³-hybridized carbons (Fsp3) is 0.448. The van der Waals surface area contributed by atoms with Gasteiger partial charge < -0.3 is 14.3 Å². The summed E-state index contributed by atoms with van der Waals surface area (Å²) in [6.45, 7) is 8.39. The van der Waals surface area contributed by atoms with E-state index in [1.54, 1.807) is 30.3 Å². The Morgan fingerprint density at radius 3 is 2.49 bits per heavy atom. The minimum Gasteiger partial charge on any atom is -0.448 e. The predicted octanol–water partition coefficient (Wildman–Crippen LogP) is 5.95. The molecule has 0 aromatic heterocycles. The summed E-state index contributed by atoms with van der Waals surface area (Å²) in [7, 11) is 0. The molecule has 0 bridgehead atoms. The molecular formula is C29H35NO5. The zero-order chi connectivity index (χ0) is 24.9. The molecule has 6 nitrogen and oxygen atoms in total. The molecule has 4 rings (SSSR count). The van der Waals surface area contributed by atoms with Crippen LogP contribution in [0.25, 0.3) is 0 Å². The quantitative estimate of drug-likeness (QED) is 0.267. The number of ether oxygens (including phenoxy) is 2. The second kappa shape index (κ2) is 10.6. The lowest BCUT2D eigenvalue weighted by Crippen LogP contribution is -2.52. The van der Waals surface area contributed by atoms with E-state index in [0.29, 0.717) is 16.9 Å². The van der Waals surface area contributed by atoms with E-state index in [4.69, 9.17) is 14.3 Å². The Kier molecular flexibility index (Phi) is 7.60. The van der Waals surface area contributed by atoms with Crippen LogP contribution < -0.4 is 0 Å². The molecule has 35 heavy (non-hydrogen) atoms. The van der Waals surface area contributed by atoms with Gasteiger partial charge in [0.15, 0.2) is 11.9 Å². The Morgan fingerprint density at radius 1 is 1.14 bits per heavy atom. The topological polar surface area (TPSA) is 70.8 Å². The molecular weight excluding hydrogens is 442 g/mol. The molecule has 0 amide bonds. The van der Waals surface area contributed by atoms with E-state index < -0.39 is 17.9 Å². The van der Waals surface area contributed by atoms with Crippen molar-refractivity contribution in [1.82, 2.24) is 0 Å². The van der Waals surface area contributed by atoms with Gasteiger partial charge in [-0.1, -0.05) is 81.3 Å². The maximum Gasteiger partial charge on any atom is 0.338 e. The van der Waals surface area contributed by atoms with E-state index >= 15 is 0 Å². The first-order chi connectivity index (χ1) is 16.8. The minimum absolute atomic E-state index is 0.115. The molecule has 1 fully saturated rings. The number of hydrogen-bond donors (Lipinski definition) is 0. The van der Waals surface area contributed by atoms with Gasteiger partial charge >= 0.3 is 5.97 Å². The van der Waals surface area contributed by atoms with Crippen LogP contribution in [-0.2, 0) is 19.7 Å². The average Bonchev–Trinajstić information content (AvgIpc) is 2.85. The van der Waals surface area contributed by atoms with E-state index in [-0.39, 0.29) is 23.9 Å². The van der Waals surface area contributed by atoms with Crippen LogP contribution in [0, 0.1) is 11.1 Å². The molecule has 1 aliphatic heterocycles. The molecule has 1 saturated carbocycles. The molecule has 0 spiro atoms. The van der Waals surface area contributed by atoms with E-state index in [2.05, 4.69) is 44.7 Å². The summed E-state index contributed by atoms with van der Waals surface area (Å²) >= 11 is 0. The third-order valence-electron chi connectivity index (χ3n) is 7.29. The van der Waals surface area contributed by atoms with Crippen molar-refractivity contribution in [3.63, 3.8) is 0 Å². The van der Waals surface area contributed by atoms with Crippen LogP contribution in [0.4, 0.5) is 0 Å². The van der Waals surface area contributed by atoms with Gasteiger partial charge in [-0.05, 0) is 41.9 Å². The number of carbonyl (C=O) groups is 1. The van der Waals surface area contributed by atoms with Crippen LogP contribution in [0.15, 0.2) is 73.3 Å². The van der Waals surface area contributed by atoms with Gasteiger partial charge in [0.2, 0.25) is 0 Å². The lowest BCUT2D eigenvalue weighted by Gasteiger charge is -2.48. The predicted molar refractivity (Wildman–Crippen MR) is 135 cm³/mol. The second-order valence-corrected chi connectivity index (χ2v) is 10.1. The van der Waals surface area contributed by atoms with Crippen LogP contribution in [0.3, 0.4) is 0 Å². The van der Waals surface area contributed by atoms with Crippen molar-refractivity contribution < 1.29 is 24.0 Å². The normalized spacial score (nSPS) is 26.8. The standard InChI is InChI=1S/C29H35NO5/c1-4-19-29(20-24(21-30(32)35-29)33-27(31)22-13-7-5-8-14-22)34-26-18-12-11-17-25(26)28(2,3)23-15-9-6-10-16-23/h4-10,13-16,21,24-26H,1,11-12,17-20H2,2-3H3/t24-,25-,26-,29+/m0/s1. The lowest BCUT2D eigenvalue weighted by molar-refractivity contribution is -0.788. The number of esters is 1. The number of carbonyl (C=O) groups excluding carboxylic acids is 1. The van der Waals surface area contributed by atoms with Crippen molar-refractivity contribution in [3.05, 3.63) is 89.7 Å². The molecule has 6 heteroatoms. The Bertz CT molecular complexity index is 1040. The van der Waals surface area contributed by atoms with Crippen LogP contribution >= 0.6 is 0 Å². The second-order valence-electron chi connectivity index (χ2n) is 10.1. The molecule has 0 saturated heterocycles. The van der Waals surface area contributed by atoms with Crippen molar-refractivity contribution in [2.45, 2.75) is 75.8 Å². The Balaban J connectivity index is 1.56. The summed E-state index contributed by atoms with van der Waals surface area (Å²) in [6, 6.07) is 19.2. The molecule has 2 aromatic rings. The van der Waals surface area contributed by atoms with Crippen molar-refractivity contribution in [3.8, 4) is 0 Å². The maximum atomic E-state index is 12.7. The number of nitrogens with zero attached hydrogens (tertiary/aromatic N) is 1. The van der Waals surface area contributed by atoms with Gasteiger partial charge in [-0.25, -0.2) is 4.79 Å². The van der Waals surface area contributed by atoms with E-state index in [9.17, 15) is 10.0 Å². The minimum atomic E-state index is -1.26. The molecule has 4 atom stereocenters. The van der Waals surface area contributed by atoms with Crippen LogP contribution in [0.1, 0.15) is 68.3 Å². The first kappa shape index (κ1) is 25.0. The molecule has 2 aliphatic rings. The number of rotatable bonds is 8. The lowest BCUT2D eigenvalue weighted by atomic mass is 9.66. The summed E-state index contributed by atoms with van der Waals surface area (Å²) in [4.78, 5) is 18.8. The summed E-state index contributed by atoms with van der Waals surface area (Å²) in [5.41, 5.74) is 1.56. The Morgan fingerprint density at radius 2 is 1.80 bits per heavy atom. The monoisotopic (exact) mass is 477 g/mol. The molecule has 1 aliphatic carbocycles. The van der Waals surface area contributed by atoms with Gasteiger partial charge in [0.1, 0.15) is 0 Å². The average molecular weight is 478 g/mol. The zero-order valence-corrected chi connectivity index (χ0v) is 20.6. The Labute approximate surface area is 207 Å². The maximum absolute atomic E-state index is 12.7. The highest BCUT2D eigenvalue weighted by molar-refractivity contribution is 5.90. The summed E-state index contributed by atoms with van der Waals surface area (Å²) in [6.07, 6.45) is 6.63. The van der Waals surface area contributed by atoms with Crippen molar-refractivity contribution in [1.29, 1.82) is 0 Å². The molecule has 0 N–H and O–H groups in total. The fourth-order valence-electron chi connectivity index (χ4n) is 5.46. The first-order valence-corrected chi connectivity index (χ1v) is 12.4. The third-order valence-corrected chi connectivity index (χ3v) is 7.29. The van der Waals surface area contributed by atoms with Gasteiger partial charge in [0, 0.05) is 17.7 Å². The van der Waals surface area contributed by atoms with Crippen molar-refractivity contribution in [2.24, 2.45) is 5.92 Å². The molecule has 1 heterocycles. The van der Waals surface area contributed by atoms with Crippen molar-refractivity contribution >= 4 is 12.2 Å². The SMILES string of the molecule is C=CC[C@]1(O[C@H]2CCCC[C@@H]2C(C)(C)c2ccccc2)C[C@H](OC(=O)c2ccccc2)C=[N+]([O-])O1. The third kappa shape index (κ3) is 5.76. The van der Waals surface area contributed by atoms with Gasteiger partial charge in [-0.15, -0.1) is 6.58 Å². The summed E-state index contributed by atoms with van der Waals surface area (Å²) in [5.74, 6) is -1.51. The number of benzene rings is 2. The van der Waals surface area contributed by atoms with Gasteiger partial charge in [0.05, 0.1) is 11.7 Å². The van der Waals surface area contributed by atoms with E-state index in [1.165, 1.54) is 11.8 Å². The highest BCUT2D eigenvalue weighted by Crippen LogP contribution is 2.44. The fourth-order valence-corrected chi connectivity index (χ4v) is 5.46. The Hall–Kier alpha value is -3.12. The van der Waals surface area contributed by atoms with E-state index in [1.807, 2.05) is 12.1 Å². The van der Waals surface area contributed by atoms with Crippen molar-refractivity contribution in [2.75, 3.05) is 0 Å². The summed E-state index contributed by atoms with van der Waals surface area (Å²) in [5, 5.41) is 12.6. The smallest absolute Gasteiger partial charge is 0.338 e. The number of hydrogen-bond acceptors (Lipinski definition) is 5. The van der Waals surface area contributed by atoms with Crippen LogP contribution in [-0.4, -0.2) is 35.1 Å². The van der Waals surface area contributed by atoms with E-state index in [0.717, 1.165) is 25.7 Å². The molecule has 2 aromatic carbocycles. The van der Waals surface area contributed by atoms with Crippen LogP contribution in [0.2, 0.25) is 0 Å². The van der Waals surface area contributed by atoms with Gasteiger partial charge in [0.25, 0.3) is 6.21 Å². The highest BCUT2D eigenvalue weighted by atomic mass is 16.9. The molecule has 186 valence electrons.